The Morgan fingerprint density at radius 1 is 0.655 bits per heavy atom. The lowest BCUT2D eigenvalue weighted by Crippen LogP contribution is -2.34. The fourth-order valence-electron chi connectivity index (χ4n) is 4.37. The summed E-state index contributed by atoms with van der Waals surface area (Å²) >= 11 is 0. The summed E-state index contributed by atoms with van der Waals surface area (Å²) in [5.41, 5.74) is 1.60. The number of hydrogen-bond acceptors (Lipinski definition) is 13. The number of hydrogen-bond donors (Lipinski definition) is 3. The van der Waals surface area contributed by atoms with Crippen molar-refractivity contribution in [2.45, 2.75) is 32.7 Å². The Balaban J connectivity index is 1.14. The van der Waals surface area contributed by atoms with E-state index in [1.54, 1.807) is 51.1 Å². The maximum atomic E-state index is 12.7. The van der Waals surface area contributed by atoms with Gasteiger partial charge in [0.1, 0.15) is 23.5 Å². The SMILES string of the molecule is CC(C)(C)OC(=O)NCCOCCOCCOCCOCCOCCOCCNC(=O)c1cccc(-c2cc(Nc3ccc(OC(F)(F)F)cc3)ncn2)c1. The van der Waals surface area contributed by atoms with E-state index in [2.05, 4.69) is 30.7 Å². The molecule has 15 nitrogen and oxygen atoms in total. The quantitative estimate of drug-likeness (QED) is 0.0917. The van der Waals surface area contributed by atoms with Crippen LogP contribution in [-0.2, 0) is 33.2 Å². The summed E-state index contributed by atoms with van der Waals surface area (Å²) in [4.78, 5) is 32.7. The highest BCUT2D eigenvalue weighted by molar-refractivity contribution is 5.95. The van der Waals surface area contributed by atoms with Gasteiger partial charge in [-0.3, -0.25) is 4.79 Å². The van der Waals surface area contributed by atoms with Crippen molar-refractivity contribution in [2.75, 3.05) is 97.7 Å². The summed E-state index contributed by atoms with van der Waals surface area (Å²) in [7, 11) is 0. The Morgan fingerprint density at radius 3 is 1.71 bits per heavy atom. The summed E-state index contributed by atoms with van der Waals surface area (Å²) in [5.74, 6) is -0.208. The Hall–Kier alpha value is -4.59. The van der Waals surface area contributed by atoms with Crippen molar-refractivity contribution in [1.29, 1.82) is 0 Å². The highest BCUT2D eigenvalue weighted by Gasteiger charge is 2.31. The molecular weight excluding hydrogens is 731 g/mol. The molecule has 0 aliphatic rings. The second kappa shape index (κ2) is 24.7. The molecule has 3 N–H and O–H groups in total. The van der Waals surface area contributed by atoms with E-state index < -0.39 is 18.1 Å². The number of ether oxygens (including phenoxy) is 8. The molecule has 0 saturated carbocycles. The summed E-state index contributed by atoms with van der Waals surface area (Å²) < 4.78 is 79.1. The molecule has 2 amide bonds. The van der Waals surface area contributed by atoms with E-state index in [1.807, 2.05) is 0 Å². The minimum absolute atomic E-state index is 0.281. The third-order valence-corrected chi connectivity index (χ3v) is 6.75. The van der Waals surface area contributed by atoms with Gasteiger partial charge in [0.2, 0.25) is 0 Å². The van der Waals surface area contributed by atoms with Gasteiger partial charge in [0.25, 0.3) is 5.91 Å². The van der Waals surface area contributed by atoms with Crippen LogP contribution in [0.4, 0.5) is 29.5 Å². The fourth-order valence-corrected chi connectivity index (χ4v) is 4.37. The number of nitrogens with one attached hydrogen (secondary N) is 3. The molecule has 0 saturated heterocycles. The van der Waals surface area contributed by atoms with Crippen LogP contribution in [0.1, 0.15) is 31.1 Å². The predicted molar refractivity (Wildman–Crippen MR) is 195 cm³/mol. The molecule has 304 valence electrons. The lowest BCUT2D eigenvalue weighted by molar-refractivity contribution is -0.274. The topological polar surface area (TPSA) is 170 Å². The van der Waals surface area contributed by atoms with Gasteiger partial charge in [0, 0.05) is 36.0 Å². The van der Waals surface area contributed by atoms with Gasteiger partial charge in [-0.1, -0.05) is 12.1 Å². The molecule has 0 fully saturated rings. The van der Waals surface area contributed by atoms with Crippen LogP contribution in [0.2, 0.25) is 0 Å². The zero-order valence-corrected chi connectivity index (χ0v) is 31.3. The van der Waals surface area contributed by atoms with E-state index in [4.69, 9.17) is 33.2 Å². The normalized spacial score (nSPS) is 11.6. The van der Waals surface area contributed by atoms with Crippen LogP contribution in [0, 0.1) is 0 Å². The number of alkyl halides is 3. The maximum Gasteiger partial charge on any atom is 0.573 e. The van der Waals surface area contributed by atoms with Gasteiger partial charge in [-0.2, -0.15) is 0 Å². The minimum Gasteiger partial charge on any atom is -0.444 e. The van der Waals surface area contributed by atoms with Gasteiger partial charge in [0.15, 0.2) is 0 Å². The van der Waals surface area contributed by atoms with Crippen molar-refractivity contribution in [3.8, 4) is 17.0 Å². The highest BCUT2D eigenvalue weighted by atomic mass is 19.4. The van der Waals surface area contributed by atoms with Crippen molar-refractivity contribution in [3.63, 3.8) is 0 Å². The number of benzene rings is 2. The molecule has 55 heavy (non-hydrogen) atoms. The third-order valence-electron chi connectivity index (χ3n) is 6.75. The minimum atomic E-state index is -4.77. The average Bonchev–Trinajstić information content (AvgIpc) is 3.13. The van der Waals surface area contributed by atoms with Gasteiger partial charge in [-0.25, -0.2) is 14.8 Å². The first-order chi connectivity index (χ1) is 26.4. The van der Waals surface area contributed by atoms with Crippen LogP contribution in [0.25, 0.3) is 11.3 Å². The molecule has 0 aliphatic carbocycles. The van der Waals surface area contributed by atoms with E-state index in [9.17, 15) is 22.8 Å². The van der Waals surface area contributed by atoms with Crippen LogP contribution in [0.15, 0.2) is 60.9 Å². The fraction of sp³-hybridized carbons (Fsp3) is 0.514. The van der Waals surface area contributed by atoms with Gasteiger partial charge in [-0.05, 0) is 57.2 Å². The third kappa shape index (κ3) is 21.2. The highest BCUT2D eigenvalue weighted by Crippen LogP contribution is 2.26. The van der Waals surface area contributed by atoms with Gasteiger partial charge in [0.05, 0.1) is 85.0 Å². The van der Waals surface area contributed by atoms with Gasteiger partial charge < -0.3 is 53.8 Å². The number of nitrogens with zero attached hydrogens (tertiary/aromatic N) is 2. The van der Waals surface area contributed by atoms with Crippen LogP contribution in [0.5, 0.6) is 5.75 Å². The molecule has 0 radical (unpaired) electrons. The Labute approximate surface area is 318 Å². The van der Waals surface area contributed by atoms with Crippen molar-refractivity contribution in [1.82, 2.24) is 20.6 Å². The summed E-state index contributed by atoms with van der Waals surface area (Å²) in [6.45, 7) is 10.8. The lowest BCUT2D eigenvalue weighted by Gasteiger charge is -2.19. The lowest BCUT2D eigenvalue weighted by atomic mass is 10.1. The molecule has 0 spiro atoms. The summed E-state index contributed by atoms with van der Waals surface area (Å²) in [6, 6.07) is 13.8. The molecule has 2 aromatic carbocycles. The second-order valence-electron chi connectivity index (χ2n) is 12.4. The number of carbonyl (C=O) groups is 2. The van der Waals surface area contributed by atoms with Crippen molar-refractivity contribution < 1.29 is 60.7 Å². The zero-order valence-electron chi connectivity index (χ0n) is 31.3. The molecular formula is C37H50F3N5O10. The maximum absolute atomic E-state index is 12.7. The molecule has 18 heteroatoms. The Morgan fingerprint density at radius 2 is 1.18 bits per heavy atom. The van der Waals surface area contributed by atoms with Crippen molar-refractivity contribution in [2.24, 2.45) is 0 Å². The molecule has 0 aliphatic heterocycles. The van der Waals surface area contributed by atoms with E-state index >= 15 is 0 Å². The predicted octanol–water partition coefficient (Wildman–Crippen LogP) is 5.14. The van der Waals surface area contributed by atoms with E-state index in [0.29, 0.717) is 121 Å². The van der Waals surface area contributed by atoms with Crippen molar-refractivity contribution in [3.05, 3.63) is 66.5 Å². The molecule has 1 aromatic heterocycles. The van der Waals surface area contributed by atoms with Crippen molar-refractivity contribution >= 4 is 23.5 Å². The van der Waals surface area contributed by atoms with Gasteiger partial charge in [-0.15, -0.1) is 13.2 Å². The van der Waals surface area contributed by atoms with E-state index in [-0.39, 0.29) is 11.7 Å². The second-order valence-corrected chi connectivity index (χ2v) is 12.4. The molecule has 0 bridgehead atoms. The van der Waals surface area contributed by atoms with Crippen LogP contribution >= 0.6 is 0 Å². The number of halogens is 3. The first-order valence-electron chi connectivity index (χ1n) is 17.6. The van der Waals surface area contributed by atoms with Crippen LogP contribution < -0.4 is 20.7 Å². The largest absolute Gasteiger partial charge is 0.573 e. The zero-order chi connectivity index (χ0) is 39.8. The molecule has 1 heterocycles. The smallest absolute Gasteiger partial charge is 0.444 e. The molecule has 0 unspecified atom stereocenters. The number of amides is 2. The molecule has 3 rings (SSSR count). The van der Waals surface area contributed by atoms with Crippen LogP contribution in [0.3, 0.4) is 0 Å². The first-order valence-corrected chi connectivity index (χ1v) is 17.6. The molecule has 0 atom stereocenters. The summed E-state index contributed by atoms with van der Waals surface area (Å²) in [6.07, 6.45) is -3.90. The average molecular weight is 782 g/mol. The monoisotopic (exact) mass is 781 g/mol. The van der Waals surface area contributed by atoms with E-state index in [1.165, 1.54) is 30.6 Å². The van der Waals surface area contributed by atoms with E-state index in [0.717, 1.165) is 0 Å². The summed E-state index contributed by atoms with van der Waals surface area (Å²) in [5, 5.41) is 8.44. The number of rotatable bonds is 26. The standard InChI is InChI=1S/C37H50F3N5O10/c1-36(2,3)55-35(47)42-12-14-49-16-18-51-20-22-53-24-23-52-21-19-50-17-15-48-13-11-41-34(46)29-6-4-5-28(25-29)32-26-33(44-27-43-32)45-30-7-9-31(10-8-30)54-37(38,39)40/h4-10,25-27H,11-24H2,1-3H3,(H,41,46)(H,42,47)(H,43,44,45). The first kappa shape index (κ1) is 44.8. The number of aromatic nitrogens is 2. The van der Waals surface area contributed by atoms with Gasteiger partial charge >= 0.3 is 12.5 Å². The number of carbonyl (C=O) groups excluding carboxylic acids is 2. The van der Waals surface area contributed by atoms with Crippen LogP contribution in [-0.4, -0.2) is 126 Å². The Bertz CT molecular complexity index is 1550. The number of anilines is 2. The number of alkyl carbamates (subject to hydrolysis) is 1. The molecule has 3 aromatic rings. The Kier molecular flexibility index (Phi) is 20.2.